The predicted octanol–water partition coefficient (Wildman–Crippen LogP) is 1.53. The highest BCUT2D eigenvalue weighted by Crippen LogP contribution is 1.90. The second-order valence-electron chi connectivity index (χ2n) is 2.41. The monoisotopic (exact) mass is 158 g/mol. The predicted molar refractivity (Wildman–Crippen MR) is 47.6 cm³/mol. The van der Waals surface area contributed by atoms with Crippen LogP contribution >= 0.6 is 0 Å². The van der Waals surface area contributed by atoms with Crippen molar-refractivity contribution < 1.29 is 4.84 Å². The lowest BCUT2D eigenvalue weighted by Crippen LogP contribution is -2.01. The van der Waals surface area contributed by atoms with Gasteiger partial charge in [-0.15, -0.1) is 0 Å². The Kier molecular flexibility index (Phi) is 8.94. The molecule has 3 nitrogen and oxygen atoms in total. The molecule has 0 aliphatic heterocycles. The minimum atomic E-state index is 0.638. The van der Waals surface area contributed by atoms with Gasteiger partial charge in [0.1, 0.15) is 6.61 Å². The second-order valence-corrected chi connectivity index (χ2v) is 2.41. The van der Waals surface area contributed by atoms with Gasteiger partial charge in [0.25, 0.3) is 0 Å². The molecule has 0 aromatic carbocycles. The minimum absolute atomic E-state index is 0.638. The van der Waals surface area contributed by atoms with E-state index in [4.69, 9.17) is 10.6 Å². The van der Waals surface area contributed by atoms with Crippen molar-refractivity contribution in [3.63, 3.8) is 0 Å². The fourth-order valence-corrected chi connectivity index (χ4v) is 0.601. The van der Waals surface area contributed by atoms with Crippen LogP contribution in [0.5, 0.6) is 0 Å². The molecule has 0 saturated heterocycles. The lowest BCUT2D eigenvalue weighted by Gasteiger charge is -1.94. The van der Waals surface area contributed by atoms with Gasteiger partial charge in [0, 0.05) is 6.21 Å². The van der Waals surface area contributed by atoms with Crippen LogP contribution in [0.2, 0.25) is 0 Å². The molecular weight excluding hydrogens is 140 g/mol. The maximum absolute atomic E-state index is 5.26. The van der Waals surface area contributed by atoms with Crippen molar-refractivity contribution in [3.8, 4) is 0 Å². The van der Waals surface area contributed by atoms with E-state index in [1.165, 1.54) is 12.8 Å². The molecule has 0 aromatic rings. The van der Waals surface area contributed by atoms with E-state index in [-0.39, 0.29) is 0 Å². The zero-order chi connectivity index (χ0) is 8.36. The molecule has 0 unspecified atom stereocenters. The molecule has 0 aromatic heterocycles. The van der Waals surface area contributed by atoms with Crippen LogP contribution in [0.4, 0.5) is 0 Å². The molecule has 0 spiro atoms. The average molecular weight is 158 g/mol. The van der Waals surface area contributed by atoms with Crippen molar-refractivity contribution in [1.82, 2.24) is 0 Å². The average Bonchev–Trinajstić information content (AvgIpc) is 2.03. The molecule has 0 rings (SSSR count). The van der Waals surface area contributed by atoms with Gasteiger partial charge in [-0.1, -0.05) is 18.5 Å². The third-order valence-corrected chi connectivity index (χ3v) is 1.28. The largest absolute Gasteiger partial charge is 0.396 e. The minimum Gasteiger partial charge on any atom is -0.396 e. The van der Waals surface area contributed by atoms with Crippen LogP contribution < -0.4 is 5.73 Å². The fourth-order valence-electron chi connectivity index (χ4n) is 0.601. The Balaban J connectivity index is 2.91. The first-order valence-corrected chi connectivity index (χ1v) is 4.25. The first-order valence-electron chi connectivity index (χ1n) is 4.25. The van der Waals surface area contributed by atoms with E-state index < -0.39 is 0 Å². The standard InChI is InChI=1S/C8H18N2O/c1-2-3-4-7-10-11-8-5-6-9/h7H,2-6,8-9H2,1H3/b10-7+. The van der Waals surface area contributed by atoms with Crippen molar-refractivity contribution in [2.75, 3.05) is 13.2 Å². The molecule has 0 amide bonds. The van der Waals surface area contributed by atoms with E-state index in [1.807, 2.05) is 6.21 Å². The van der Waals surface area contributed by atoms with Crippen LogP contribution in [-0.4, -0.2) is 19.4 Å². The molecule has 0 heterocycles. The third-order valence-electron chi connectivity index (χ3n) is 1.28. The molecule has 0 saturated carbocycles. The zero-order valence-electron chi connectivity index (χ0n) is 7.25. The first kappa shape index (κ1) is 10.4. The van der Waals surface area contributed by atoms with E-state index in [9.17, 15) is 0 Å². The number of oxime groups is 1. The van der Waals surface area contributed by atoms with Crippen LogP contribution in [0, 0.1) is 0 Å². The van der Waals surface area contributed by atoms with Crippen LogP contribution in [0.25, 0.3) is 0 Å². The Labute approximate surface area is 68.6 Å². The fraction of sp³-hybridized carbons (Fsp3) is 0.875. The summed E-state index contributed by atoms with van der Waals surface area (Å²) in [6.45, 7) is 3.47. The number of rotatable bonds is 7. The van der Waals surface area contributed by atoms with Crippen LogP contribution in [-0.2, 0) is 4.84 Å². The molecule has 0 aliphatic carbocycles. The Hall–Kier alpha value is -0.570. The van der Waals surface area contributed by atoms with Gasteiger partial charge in [0.05, 0.1) is 0 Å². The van der Waals surface area contributed by atoms with Gasteiger partial charge < -0.3 is 10.6 Å². The number of unbranched alkanes of at least 4 members (excludes halogenated alkanes) is 2. The molecule has 0 aliphatic rings. The quantitative estimate of drug-likeness (QED) is 0.347. The van der Waals surface area contributed by atoms with Gasteiger partial charge in [0.2, 0.25) is 0 Å². The van der Waals surface area contributed by atoms with Crippen molar-refractivity contribution in [2.24, 2.45) is 10.9 Å². The van der Waals surface area contributed by atoms with Gasteiger partial charge in [-0.2, -0.15) is 0 Å². The number of hydrogen-bond acceptors (Lipinski definition) is 3. The number of nitrogens with two attached hydrogens (primary N) is 1. The van der Waals surface area contributed by atoms with E-state index in [1.54, 1.807) is 0 Å². The normalized spacial score (nSPS) is 10.7. The molecule has 2 N–H and O–H groups in total. The summed E-state index contributed by atoms with van der Waals surface area (Å²) in [6, 6.07) is 0. The molecule has 0 radical (unpaired) electrons. The van der Waals surface area contributed by atoms with Gasteiger partial charge in [-0.3, -0.25) is 0 Å². The summed E-state index contributed by atoms with van der Waals surface area (Å²) in [5, 5.41) is 3.77. The smallest absolute Gasteiger partial charge is 0.118 e. The van der Waals surface area contributed by atoms with E-state index >= 15 is 0 Å². The van der Waals surface area contributed by atoms with Gasteiger partial charge in [-0.25, -0.2) is 0 Å². The maximum atomic E-state index is 5.26. The summed E-state index contributed by atoms with van der Waals surface area (Å²) in [4.78, 5) is 4.91. The first-order chi connectivity index (χ1) is 5.41. The lowest BCUT2D eigenvalue weighted by molar-refractivity contribution is 0.144. The molecule has 11 heavy (non-hydrogen) atoms. The summed E-state index contributed by atoms with van der Waals surface area (Å²) in [5.74, 6) is 0. The Bertz CT molecular complexity index is 94.1. The van der Waals surface area contributed by atoms with Gasteiger partial charge >= 0.3 is 0 Å². The molecule has 0 bridgehead atoms. The van der Waals surface area contributed by atoms with E-state index in [0.717, 1.165) is 12.8 Å². The maximum Gasteiger partial charge on any atom is 0.118 e. The zero-order valence-corrected chi connectivity index (χ0v) is 7.25. The molecule has 3 heteroatoms. The SMILES string of the molecule is CCCC/C=N/OCCCN. The summed E-state index contributed by atoms with van der Waals surface area (Å²) >= 11 is 0. The van der Waals surface area contributed by atoms with E-state index in [0.29, 0.717) is 13.2 Å². The van der Waals surface area contributed by atoms with E-state index in [2.05, 4.69) is 12.1 Å². The highest BCUT2D eigenvalue weighted by atomic mass is 16.6. The topological polar surface area (TPSA) is 47.6 Å². The number of nitrogens with zero attached hydrogens (tertiary/aromatic N) is 1. The Morgan fingerprint density at radius 2 is 2.27 bits per heavy atom. The Morgan fingerprint density at radius 1 is 1.45 bits per heavy atom. The summed E-state index contributed by atoms with van der Waals surface area (Å²) in [6.07, 6.45) is 6.10. The summed E-state index contributed by atoms with van der Waals surface area (Å²) in [7, 11) is 0. The molecular formula is C8H18N2O. The van der Waals surface area contributed by atoms with Crippen molar-refractivity contribution in [3.05, 3.63) is 0 Å². The third kappa shape index (κ3) is 9.43. The Morgan fingerprint density at radius 3 is 2.91 bits per heavy atom. The van der Waals surface area contributed by atoms with Crippen LogP contribution in [0.3, 0.4) is 0 Å². The molecule has 0 fully saturated rings. The van der Waals surface area contributed by atoms with Crippen molar-refractivity contribution >= 4 is 6.21 Å². The highest BCUT2D eigenvalue weighted by molar-refractivity contribution is 5.55. The highest BCUT2D eigenvalue weighted by Gasteiger charge is 1.81. The van der Waals surface area contributed by atoms with Gasteiger partial charge in [0.15, 0.2) is 0 Å². The van der Waals surface area contributed by atoms with Crippen LogP contribution in [0.15, 0.2) is 5.16 Å². The van der Waals surface area contributed by atoms with Crippen molar-refractivity contribution in [1.29, 1.82) is 0 Å². The van der Waals surface area contributed by atoms with Crippen LogP contribution in [0.1, 0.15) is 32.6 Å². The van der Waals surface area contributed by atoms with Gasteiger partial charge in [-0.05, 0) is 25.8 Å². The molecule has 0 atom stereocenters. The lowest BCUT2D eigenvalue weighted by atomic mass is 10.3. The second kappa shape index (κ2) is 9.43. The number of hydrogen-bond donors (Lipinski definition) is 1. The summed E-state index contributed by atoms with van der Waals surface area (Å²) < 4.78 is 0. The summed E-state index contributed by atoms with van der Waals surface area (Å²) in [5.41, 5.74) is 5.26. The molecule has 66 valence electrons. The van der Waals surface area contributed by atoms with Crippen molar-refractivity contribution in [2.45, 2.75) is 32.6 Å².